The van der Waals surface area contributed by atoms with Crippen LogP contribution >= 0.6 is 11.3 Å². The van der Waals surface area contributed by atoms with Gasteiger partial charge in [-0.1, -0.05) is 0 Å². The monoisotopic (exact) mass is 213 g/mol. The van der Waals surface area contributed by atoms with E-state index in [2.05, 4.69) is 43.1 Å². The maximum atomic E-state index is 4.47. The van der Waals surface area contributed by atoms with Gasteiger partial charge in [0.05, 0.1) is 5.69 Å². The summed E-state index contributed by atoms with van der Waals surface area (Å²) in [5, 5.41) is 4.57. The maximum Gasteiger partial charge on any atom is 0.107 e. The van der Waals surface area contributed by atoms with Crippen molar-refractivity contribution < 1.29 is 0 Å². The molecule has 0 saturated heterocycles. The second-order valence-corrected chi connectivity index (χ2v) is 5.02. The van der Waals surface area contributed by atoms with Gasteiger partial charge >= 0.3 is 0 Å². The Hall–Kier alpha value is -0.450. The van der Waals surface area contributed by atoms with Crippen molar-refractivity contribution >= 4 is 11.3 Å². The highest BCUT2D eigenvalue weighted by atomic mass is 32.1. The number of thiazole rings is 1. The molecule has 0 aromatic carbocycles. The smallest absolute Gasteiger partial charge is 0.107 e. The summed E-state index contributed by atoms with van der Waals surface area (Å²) in [6.07, 6.45) is 0. The second-order valence-electron chi connectivity index (χ2n) is 3.73. The molecule has 1 rings (SSSR count). The van der Waals surface area contributed by atoms with E-state index in [1.807, 2.05) is 0 Å². The molecule has 0 aliphatic heterocycles. The molecule has 0 saturated carbocycles. The SMILES string of the molecule is Cc1nc(CNCCN(C)C)sc1C. The van der Waals surface area contributed by atoms with E-state index in [0.717, 1.165) is 19.6 Å². The standard InChI is InChI=1S/C10H19N3S/c1-8-9(2)14-10(12-8)7-11-5-6-13(3)4/h11H,5-7H2,1-4H3. The lowest BCUT2D eigenvalue weighted by Gasteiger charge is -2.08. The number of hydrogen-bond donors (Lipinski definition) is 1. The molecule has 1 heterocycles. The van der Waals surface area contributed by atoms with E-state index in [9.17, 15) is 0 Å². The molecule has 0 fully saturated rings. The highest BCUT2D eigenvalue weighted by Gasteiger charge is 2.02. The van der Waals surface area contributed by atoms with Crippen LogP contribution in [0.2, 0.25) is 0 Å². The van der Waals surface area contributed by atoms with Crippen LogP contribution in [0, 0.1) is 13.8 Å². The number of aromatic nitrogens is 1. The normalized spacial score (nSPS) is 11.2. The van der Waals surface area contributed by atoms with E-state index < -0.39 is 0 Å². The maximum absolute atomic E-state index is 4.47. The Morgan fingerprint density at radius 3 is 2.57 bits per heavy atom. The van der Waals surface area contributed by atoms with Crippen molar-refractivity contribution in [3.63, 3.8) is 0 Å². The minimum Gasteiger partial charge on any atom is -0.309 e. The third-order valence-corrected chi connectivity index (χ3v) is 3.16. The molecular weight excluding hydrogens is 194 g/mol. The highest BCUT2D eigenvalue weighted by molar-refractivity contribution is 7.11. The van der Waals surface area contributed by atoms with Crippen LogP contribution in [0.25, 0.3) is 0 Å². The first-order valence-electron chi connectivity index (χ1n) is 4.88. The lowest BCUT2D eigenvalue weighted by atomic mass is 10.4. The van der Waals surface area contributed by atoms with E-state index in [0.29, 0.717) is 0 Å². The Labute approximate surface area is 90.2 Å². The van der Waals surface area contributed by atoms with E-state index in [4.69, 9.17) is 0 Å². The van der Waals surface area contributed by atoms with Crippen LogP contribution in [0.4, 0.5) is 0 Å². The van der Waals surface area contributed by atoms with Crippen LogP contribution in [0.15, 0.2) is 0 Å². The Bertz CT molecular complexity index is 261. The largest absolute Gasteiger partial charge is 0.309 e. The van der Waals surface area contributed by atoms with Crippen molar-refractivity contribution in [1.29, 1.82) is 0 Å². The van der Waals surface area contributed by atoms with Crippen LogP contribution < -0.4 is 5.32 Å². The fourth-order valence-corrected chi connectivity index (χ4v) is 2.02. The third kappa shape index (κ3) is 3.74. The van der Waals surface area contributed by atoms with Gasteiger partial charge in [-0.05, 0) is 27.9 Å². The summed E-state index contributed by atoms with van der Waals surface area (Å²) in [5.74, 6) is 0. The Morgan fingerprint density at radius 2 is 2.07 bits per heavy atom. The molecule has 0 aliphatic rings. The molecule has 80 valence electrons. The molecular formula is C10H19N3S. The average molecular weight is 213 g/mol. The topological polar surface area (TPSA) is 28.2 Å². The molecule has 0 amide bonds. The fraction of sp³-hybridized carbons (Fsp3) is 0.700. The Kier molecular flexibility index (Phi) is 4.51. The van der Waals surface area contributed by atoms with E-state index in [1.54, 1.807) is 11.3 Å². The summed E-state index contributed by atoms with van der Waals surface area (Å²) in [4.78, 5) is 7.97. The summed E-state index contributed by atoms with van der Waals surface area (Å²) >= 11 is 1.79. The Morgan fingerprint density at radius 1 is 1.36 bits per heavy atom. The van der Waals surface area contributed by atoms with Crippen molar-refractivity contribution in [3.8, 4) is 0 Å². The zero-order valence-electron chi connectivity index (χ0n) is 9.42. The molecule has 0 spiro atoms. The average Bonchev–Trinajstić information content (AvgIpc) is 2.40. The fourth-order valence-electron chi connectivity index (χ4n) is 1.11. The van der Waals surface area contributed by atoms with Crippen LogP contribution in [-0.4, -0.2) is 37.1 Å². The van der Waals surface area contributed by atoms with E-state index in [1.165, 1.54) is 15.6 Å². The number of nitrogens with zero attached hydrogens (tertiary/aromatic N) is 2. The quantitative estimate of drug-likeness (QED) is 0.750. The molecule has 4 heteroatoms. The molecule has 1 aromatic heterocycles. The third-order valence-electron chi connectivity index (χ3n) is 2.08. The number of hydrogen-bond acceptors (Lipinski definition) is 4. The van der Waals surface area contributed by atoms with Gasteiger partial charge in [0.15, 0.2) is 0 Å². The molecule has 0 unspecified atom stereocenters. The summed E-state index contributed by atoms with van der Waals surface area (Å²) < 4.78 is 0. The summed E-state index contributed by atoms with van der Waals surface area (Å²) in [6.45, 7) is 7.17. The Balaban J connectivity index is 2.25. The molecule has 1 aromatic rings. The van der Waals surface area contributed by atoms with Crippen molar-refractivity contribution in [1.82, 2.24) is 15.2 Å². The van der Waals surface area contributed by atoms with Crippen molar-refractivity contribution in [3.05, 3.63) is 15.6 Å². The highest BCUT2D eigenvalue weighted by Crippen LogP contribution is 2.15. The van der Waals surface area contributed by atoms with Gasteiger partial charge in [-0.3, -0.25) is 0 Å². The van der Waals surface area contributed by atoms with Crippen molar-refractivity contribution in [2.24, 2.45) is 0 Å². The van der Waals surface area contributed by atoms with Crippen LogP contribution in [0.3, 0.4) is 0 Å². The molecule has 0 atom stereocenters. The summed E-state index contributed by atoms with van der Waals surface area (Å²) in [5.41, 5.74) is 1.17. The second kappa shape index (κ2) is 5.44. The predicted octanol–water partition coefficient (Wildman–Crippen LogP) is 1.41. The van der Waals surface area contributed by atoms with Gasteiger partial charge in [0.25, 0.3) is 0 Å². The number of likely N-dealkylation sites (N-methyl/N-ethyl adjacent to an activating group) is 1. The van der Waals surface area contributed by atoms with Crippen molar-refractivity contribution in [2.75, 3.05) is 27.2 Å². The molecule has 0 radical (unpaired) electrons. The van der Waals surface area contributed by atoms with Crippen LogP contribution in [-0.2, 0) is 6.54 Å². The van der Waals surface area contributed by atoms with Crippen LogP contribution in [0.5, 0.6) is 0 Å². The molecule has 0 aliphatic carbocycles. The predicted molar refractivity (Wildman–Crippen MR) is 61.8 cm³/mol. The van der Waals surface area contributed by atoms with E-state index in [-0.39, 0.29) is 0 Å². The number of nitrogens with one attached hydrogen (secondary N) is 1. The lowest BCUT2D eigenvalue weighted by molar-refractivity contribution is 0.400. The first-order chi connectivity index (χ1) is 6.59. The minimum atomic E-state index is 0.896. The number of aryl methyl sites for hydroxylation is 2. The lowest BCUT2D eigenvalue weighted by Crippen LogP contribution is -2.26. The van der Waals surface area contributed by atoms with Gasteiger partial charge < -0.3 is 10.2 Å². The van der Waals surface area contributed by atoms with Gasteiger partial charge in [-0.25, -0.2) is 4.98 Å². The summed E-state index contributed by atoms with van der Waals surface area (Å²) in [7, 11) is 4.17. The zero-order valence-corrected chi connectivity index (χ0v) is 10.2. The summed E-state index contributed by atoms with van der Waals surface area (Å²) in [6, 6.07) is 0. The van der Waals surface area contributed by atoms with Gasteiger partial charge in [0, 0.05) is 24.5 Å². The molecule has 0 bridgehead atoms. The van der Waals surface area contributed by atoms with Crippen LogP contribution in [0.1, 0.15) is 15.6 Å². The minimum absolute atomic E-state index is 0.896. The first kappa shape index (κ1) is 11.6. The molecule has 1 N–H and O–H groups in total. The zero-order chi connectivity index (χ0) is 10.6. The first-order valence-corrected chi connectivity index (χ1v) is 5.69. The van der Waals surface area contributed by atoms with Gasteiger partial charge in [0.2, 0.25) is 0 Å². The van der Waals surface area contributed by atoms with Gasteiger partial charge in [-0.15, -0.1) is 11.3 Å². The van der Waals surface area contributed by atoms with Crippen molar-refractivity contribution in [2.45, 2.75) is 20.4 Å². The van der Waals surface area contributed by atoms with Gasteiger partial charge in [-0.2, -0.15) is 0 Å². The molecule has 14 heavy (non-hydrogen) atoms. The van der Waals surface area contributed by atoms with Gasteiger partial charge in [0.1, 0.15) is 5.01 Å². The van der Waals surface area contributed by atoms with E-state index >= 15 is 0 Å². The number of rotatable bonds is 5. The molecule has 3 nitrogen and oxygen atoms in total.